The molecular formula is C23H20ClN3O4. The minimum Gasteiger partial charge on any atom is -0.493 e. The van der Waals surface area contributed by atoms with Crippen LogP contribution in [0.4, 0.5) is 5.69 Å². The Labute approximate surface area is 184 Å². The van der Waals surface area contributed by atoms with Gasteiger partial charge in [0.1, 0.15) is 0 Å². The van der Waals surface area contributed by atoms with E-state index >= 15 is 0 Å². The highest BCUT2D eigenvalue weighted by molar-refractivity contribution is 6.30. The highest BCUT2D eigenvalue weighted by atomic mass is 35.5. The Balaban J connectivity index is 1.74. The number of amides is 2. The molecule has 2 amide bonds. The number of carbonyl (C=O) groups is 2. The Kier molecular flexibility index (Phi) is 7.24. The largest absolute Gasteiger partial charge is 0.493 e. The zero-order valence-corrected chi connectivity index (χ0v) is 17.6. The molecule has 0 bridgehead atoms. The second-order valence-electron chi connectivity index (χ2n) is 6.32. The summed E-state index contributed by atoms with van der Waals surface area (Å²) in [4.78, 5) is 25.3. The minimum atomic E-state index is -0.471. The van der Waals surface area contributed by atoms with Gasteiger partial charge in [0.15, 0.2) is 11.5 Å². The summed E-state index contributed by atoms with van der Waals surface area (Å²) in [5.74, 6) is 0.0676. The van der Waals surface area contributed by atoms with E-state index in [1.54, 1.807) is 66.7 Å². The number of hydrogen-bond acceptors (Lipinski definition) is 5. The van der Waals surface area contributed by atoms with Gasteiger partial charge in [-0.05, 0) is 48.0 Å². The van der Waals surface area contributed by atoms with Crippen LogP contribution in [0.1, 0.15) is 26.3 Å². The van der Waals surface area contributed by atoms with E-state index in [2.05, 4.69) is 15.8 Å². The van der Waals surface area contributed by atoms with E-state index in [0.717, 1.165) is 5.56 Å². The van der Waals surface area contributed by atoms with Crippen LogP contribution in [0.3, 0.4) is 0 Å². The molecule has 0 unspecified atom stereocenters. The van der Waals surface area contributed by atoms with Crippen LogP contribution in [0.2, 0.25) is 5.02 Å². The fourth-order valence-corrected chi connectivity index (χ4v) is 2.97. The number of halogens is 1. The first-order valence-corrected chi connectivity index (χ1v) is 9.61. The molecule has 0 aromatic heterocycles. The normalized spacial score (nSPS) is 10.5. The zero-order valence-electron chi connectivity index (χ0n) is 16.9. The van der Waals surface area contributed by atoms with Crippen molar-refractivity contribution in [2.75, 3.05) is 19.5 Å². The smallest absolute Gasteiger partial charge is 0.273 e. The Morgan fingerprint density at radius 1 is 0.903 bits per heavy atom. The molecule has 0 aliphatic heterocycles. The summed E-state index contributed by atoms with van der Waals surface area (Å²) in [5, 5.41) is 7.27. The molecule has 2 N–H and O–H groups in total. The van der Waals surface area contributed by atoms with E-state index in [4.69, 9.17) is 21.1 Å². The van der Waals surface area contributed by atoms with Crippen LogP contribution < -0.4 is 20.2 Å². The number of nitrogens with zero attached hydrogens (tertiary/aromatic N) is 1. The number of rotatable bonds is 7. The van der Waals surface area contributed by atoms with E-state index in [1.165, 1.54) is 20.4 Å². The van der Waals surface area contributed by atoms with Crippen molar-refractivity contribution in [3.63, 3.8) is 0 Å². The number of anilines is 1. The molecule has 3 rings (SSSR count). The van der Waals surface area contributed by atoms with Crippen LogP contribution in [0.5, 0.6) is 11.5 Å². The Hall–Kier alpha value is -3.84. The van der Waals surface area contributed by atoms with Gasteiger partial charge in [0.25, 0.3) is 11.8 Å². The van der Waals surface area contributed by atoms with Crippen molar-refractivity contribution in [3.8, 4) is 11.5 Å². The molecule has 0 aliphatic rings. The van der Waals surface area contributed by atoms with Crippen molar-refractivity contribution in [1.29, 1.82) is 0 Å². The van der Waals surface area contributed by atoms with Crippen LogP contribution in [0.15, 0.2) is 71.8 Å². The maximum atomic E-state index is 12.7. The predicted octanol–water partition coefficient (Wildman–Crippen LogP) is 4.37. The van der Waals surface area contributed by atoms with Gasteiger partial charge in [0.2, 0.25) is 0 Å². The van der Waals surface area contributed by atoms with Gasteiger partial charge in [-0.3, -0.25) is 9.59 Å². The summed E-state index contributed by atoms with van der Waals surface area (Å²) in [6.07, 6.45) is 1.48. The molecule has 0 fully saturated rings. The first-order chi connectivity index (χ1) is 15.0. The van der Waals surface area contributed by atoms with Crippen LogP contribution in [-0.2, 0) is 0 Å². The maximum Gasteiger partial charge on any atom is 0.273 e. The average molecular weight is 438 g/mol. The van der Waals surface area contributed by atoms with Gasteiger partial charge in [0.05, 0.1) is 31.7 Å². The highest BCUT2D eigenvalue weighted by Gasteiger charge is 2.15. The zero-order chi connectivity index (χ0) is 22.2. The van der Waals surface area contributed by atoms with Crippen molar-refractivity contribution in [2.24, 2.45) is 5.10 Å². The van der Waals surface area contributed by atoms with Gasteiger partial charge >= 0.3 is 0 Å². The molecule has 0 atom stereocenters. The van der Waals surface area contributed by atoms with Crippen LogP contribution in [0.25, 0.3) is 0 Å². The molecule has 0 radical (unpaired) electrons. The fourth-order valence-electron chi connectivity index (χ4n) is 2.77. The second kappa shape index (κ2) is 10.3. The number of benzene rings is 3. The van der Waals surface area contributed by atoms with E-state index < -0.39 is 11.8 Å². The lowest BCUT2D eigenvalue weighted by molar-refractivity contribution is 0.0956. The summed E-state index contributed by atoms with van der Waals surface area (Å²) in [6.45, 7) is 0. The topological polar surface area (TPSA) is 89.0 Å². The molecule has 158 valence electrons. The Morgan fingerprint density at radius 2 is 1.68 bits per heavy atom. The van der Waals surface area contributed by atoms with Crippen molar-refractivity contribution in [1.82, 2.24) is 5.43 Å². The van der Waals surface area contributed by atoms with Gasteiger partial charge in [-0.25, -0.2) is 5.43 Å². The standard InChI is InChI=1S/C23H20ClN3O4/c1-30-20-11-10-16(13-21(20)31-2)22(28)26-19-9-4-3-8-18(19)23(29)27-25-14-15-6-5-7-17(24)12-15/h3-14H,1-2H3,(H,26,28)(H,27,29). The summed E-state index contributed by atoms with van der Waals surface area (Å²) in [7, 11) is 3.00. The summed E-state index contributed by atoms with van der Waals surface area (Å²) >= 11 is 5.93. The van der Waals surface area contributed by atoms with Crippen LogP contribution in [-0.4, -0.2) is 32.2 Å². The van der Waals surface area contributed by atoms with Crippen LogP contribution in [0, 0.1) is 0 Å². The lowest BCUT2D eigenvalue weighted by Crippen LogP contribution is -2.21. The summed E-state index contributed by atoms with van der Waals surface area (Å²) in [6, 6.07) is 18.5. The molecule has 0 heterocycles. The SMILES string of the molecule is COc1ccc(C(=O)Nc2ccccc2C(=O)NN=Cc2cccc(Cl)c2)cc1OC. The molecule has 7 nitrogen and oxygen atoms in total. The molecule has 8 heteroatoms. The number of nitrogens with one attached hydrogen (secondary N) is 2. The lowest BCUT2D eigenvalue weighted by atomic mass is 10.1. The summed E-state index contributed by atoms with van der Waals surface area (Å²) < 4.78 is 10.4. The Morgan fingerprint density at radius 3 is 2.42 bits per heavy atom. The molecule has 0 saturated carbocycles. The monoisotopic (exact) mass is 437 g/mol. The maximum absolute atomic E-state index is 12.7. The molecular weight excluding hydrogens is 418 g/mol. The van der Waals surface area contributed by atoms with Gasteiger partial charge in [0, 0.05) is 10.6 Å². The molecule has 31 heavy (non-hydrogen) atoms. The Bertz CT molecular complexity index is 1130. The van der Waals surface area contributed by atoms with Crippen molar-refractivity contribution >= 4 is 35.3 Å². The first kappa shape index (κ1) is 21.9. The molecule has 0 aliphatic carbocycles. The second-order valence-corrected chi connectivity index (χ2v) is 6.76. The first-order valence-electron chi connectivity index (χ1n) is 9.23. The fraction of sp³-hybridized carbons (Fsp3) is 0.0870. The van der Waals surface area contributed by atoms with Crippen molar-refractivity contribution in [2.45, 2.75) is 0 Å². The van der Waals surface area contributed by atoms with E-state index in [0.29, 0.717) is 27.8 Å². The highest BCUT2D eigenvalue weighted by Crippen LogP contribution is 2.28. The number of ether oxygens (including phenoxy) is 2. The predicted molar refractivity (Wildman–Crippen MR) is 120 cm³/mol. The van der Waals surface area contributed by atoms with E-state index in [-0.39, 0.29) is 5.56 Å². The number of hydrazone groups is 1. The van der Waals surface area contributed by atoms with E-state index in [9.17, 15) is 9.59 Å². The van der Waals surface area contributed by atoms with Crippen molar-refractivity contribution in [3.05, 3.63) is 88.4 Å². The lowest BCUT2D eigenvalue weighted by Gasteiger charge is -2.12. The summed E-state index contributed by atoms with van der Waals surface area (Å²) in [5.41, 5.74) is 4.15. The van der Waals surface area contributed by atoms with Gasteiger partial charge in [-0.2, -0.15) is 5.10 Å². The molecule has 3 aromatic rings. The average Bonchev–Trinajstić information content (AvgIpc) is 2.78. The number of carbonyl (C=O) groups excluding carboxylic acids is 2. The third-order valence-corrected chi connectivity index (χ3v) is 4.53. The van der Waals surface area contributed by atoms with E-state index in [1.807, 2.05) is 0 Å². The quantitative estimate of drug-likeness (QED) is 0.424. The third-order valence-electron chi connectivity index (χ3n) is 4.29. The molecule has 3 aromatic carbocycles. The number of para-hydroxylation sites is 1. The number of methoxy groups -OCH3 is 2. The van der Waals surface area contributed by atoms with Crippen LogP contribution >= 0.6 is 11.6 Å². The minimum absolute atomic E-state index is 0.263. The van der Waals surface area contributed by atoms with Gasteiger partial charge in [-0.15, -0.1) is 0 Å². The molecule has 0 saturated heterocycles. The van der Waals surface area contributed by atoms with Crippen molar-refractivity contribution < 1.29 is 19.1 Å². The van der Waals surface area contributed by atoms with Gasteiger partial charge in [-0.1, -0.05) is 35.9 Å². The van der Waals surface area contributed by atoms with Gasteiger partial charge < -0.3 is 14.8 Å². The number of hydrogen-bond donors (Lipinski definition) is 2. The third kappa shape index (κ3) is 5.61. The molecule has 0 spiro atoms.